The van der Waals surface area contributed by atoms with Crippen LogP contribution < -0.4 is 10.0 Å². The summed E-state index contributed by atoms with van der Waals surface area (Å²) in [6.07, 6.45) is 4.97. The summed E-state index contributed by atoms with van der Waals surface area (Å²) in [6, 6.07) is 8.51. The number of hydrogen-bond donors (Lipinski definition) is 2. The topological polar surface area (TPSA) is 102 Å². The van der Waals surface area contributed by atoms with E-state index in [9.17, 15) is 8.42 Å². The van der Waals surface area contributed by atoms with Crippen molar-refractivity contribution in [1.29, 1.82) is 0 Å². The normalized spacial score (nSPS) is 11.5. The van der Waals surface area contributed by atoms with Crippen molar-refractivity contribution in [2.45, 2.75) is 18.7 Å². The molecule has 3 aromatic rings. The number of aromatic nitrogens is 4. The maximum atomic E-state index is 12.2. The lowest BCUT2D eigenvalue weighted by molar-refractivity contribution is 0.583. The first-order valence-corrected chi connectivity index (χ1v) is 9.56. The molecule has 0 amide bonds. The van der Waals surface area contributed by atoms with Gasteiger partial charge in [0.15, 0.2) is 0 Å². The van der Waals surface area contributed by atoms with Gasteiger partial charge in [-0.15, -0.1) is 0 Å². The van der Waals surface area contributed by atoms with E-state index in [0.717, 1.165) is 11.4 Å². The number of sulfonamides is 1. The van der Waals surface area contributed by atoms with E-state index >= 15 is 0 Å². The zero-order valence-electron chi connectivity index (χ0n) is 14.5. The highest BCUT2D eigenvalue weighted by atomic mass is 32.2. The van der Waals surface area contributed by atoms with Crippen LogP contribution in [0.1, 0.15) is 11.4 Å². The lowest BCUT2D eigenvalue weighted by Crippen LogP contribution is -2.29. The molecule has 0 saturated heterocycles. The predicted molar refractivity (Wildman–Crippen MR) is 98.7 cm³/mol. The van der Waals surface area contributed by atoms with Crippen molar-refractivity contribution < 1.29 is 8.42 Å². The van der Waals surface area contributed by atoms with Gasteiger partial charge < -0.3 is 5.32 Å². The van der Waals surface area contributed by atoms with Crippen LogP contribution in [0.2, 0.25) is 0 Å². The average Bonchev–Trinajstić information content (AvgIpc) is 3.05. The van der Waals surface area contributed by atoms with Gasteiger partial charge in [0.25, 0.3) is 0 Å². The zero-order valence-corrected chi connectivity index (χ0v) is 15.4. The van der Waals surface area contributed by atoms with Crippen LogP contribution in [0.5, 0.6) is 0 Å². The van der Waals surface area contributed by atoms with Gasteiger partial charge in [-0.1, -0.05) is 17.7 Å². The molecule has 0 aliphatic rings. The molecule has 8 nitrogen and oxygen atoms in total. The fraction of sp³-hybridized carbons (Fsp3) is 0.235. The van der Waals surface area contributed by atoms with Crippen LogP contribution in [0.25, 0.3) is 5.82 Å². The molecule has 0 spiro atoms. The van der Waals surface area contributed by atoms with Gasteiger partial charge in [-0.25, -0.2) is 28.1 Å². The molecular formula is C17H20N6O2S. The quantitative estimate of drug-likeness (QED) is 0.612. The van der Waals surface area contributed by atoms with Gasteiger partial charge in [0.1, 0.15) is 23.8 Å². The summed E-state index contributed by atoms with van der Waals surface area (Å²) < 4.78 is 28.9. The van der Waals surface area contributed by atoms with Crippen LogP contribution in [0.3, 0.4) is 0 Å². The van der Waals surface area contributed by atoms with E-state index in [2.05, 4.69) is 25.0 Å². The van der Waals surface area contributed by atoms with E-state index in [1.807, 2.05) is 24.6 Å². The molecule has 0 radical (unpaired) electrons. The monoisotopic (exact) mass is 372 g/mol. The molecule has 0 unspecified atom stereocenters. The number of anilines is 1. The Balaban J connectivity index is 1.57. The third-order valence-electron chi connectivity index (χ3n) is 3.78. The van der Waals surface area contributed by atoms with E-state index in [0.29, 0.717) is 18.2 Å². The van der Waals surface area contributed by atoms with E-state index in [1.165, 1.54) is 6.33 Å². The second kappa shape index (κ2) is 7.63. The number of imidazole rings is 1. The summed E-state index contributed by atoms with van der Waals surface area (Å²) in [6.45, 7) is 4.42. The first-order chi connectivity index (χ1) is 12.5. The number of nitrogens with zero attached hydrogens (tertiary/aromatic N) is 4. The Morgan fingerprint density at radius 2 is 1.81 bits per heavy atom. The smallest absolute Gasteiger partial charge is 0.240 e. The van der Waals surface area contributed by atoms with Crippen molar-refractivity contribution >= 4 is 15.8 Å². The van der Waals surface area contributed by atoms with Gasteiger partial charge in [-0.2, -0.15) is 0 Å². The molecule has 0 atom stereocenters. The van der Waals surface area contributed by atoms with Crippen molar-refractivity contribution in [2.75, 3.05) is 18.4 Å². The largest absolute Gasteiger partial charge is 0.369 e. The molecule has 2 N–H and O–H groups in total. The minimum absolute atomic E-state index is 0.236. The molecule has 0 bridgehead atoms. The summed E-state index contributed by atoms with van der Waals surface area (Å²) in [7, 11) is -3.52. The van der Waals surface area contributed by atoms with Crippen LogP contribution in [0.4, 0.5) is 5.82 Å². The van der Waals surface area contributed by atoms with Crippen molar-refractivity contribution in [3.05, 3.63) is 60.4 Å². The summed E-state index contributed by atoms with van der Waals surface area (Å²) in [5.41, 5.74) is 1.01. The fourth-order valence-electron chi connectivity index (χ4n) is 2.37. The average molecular weight is 372 g/mol. The van der Waals surface area contributed by atoms with Gasteiger partial charge in [-0.3, -0.25) is 4.57 Å². The van der Waals surface area contributed by atoms with E-state index in [4.69, 9.17) is 0 Å². The van der Waals surface area contributed by atoms with Crippen LogP contribution >= 0.6 is 0 Å². The molecule has 0 saturated carbocycles. The number of benzene rings is 1. The third kappa shape index (κ3) is 4.24. The van der Waals surface area contributed by atoms with Gasteiger partial charge in [0.2, 0.25) is 10.0 Å². The molecular weight excluding hydrogens is 352 g/mol. The van der Waals surface area contributed by atoms with Crippen LogP contribution in [-0.4, -0.2) is 41.0 Å². The first-order valence-electron chi connectivity index (χ1n) is 8.08. The highest BCUT2D eigenvalue weighted by molar-refractivity contribution is 7.89. The lowest BCUT2D eigenvalue weighted by Gasteiger charge is -2.10. The molecule has 3 rings (SSSR count). The zero-order chi connectivity index (χ0) is 18.6. The maximum absolute atomic E-state index is 12.2. The minimum Gasteiger partial charge on any atom is -0.369 e. The molecule has 136 valence electrons. The summed E-state index contributed by atoms with van der Waals surface area (Å²) in [5, 5.41) is 3.09. The molecule has 26 heavy (non-hydrogen) atoms. The molecule has 0 fully saturated rings. The number of hydrogen-bond acceptors (Lipinski definition) is 6. The molecule has 2 heterocycles. The van der Waals surface area contributed by atoms with Crippen molar-refractivity contribution in [1.82, 2.24) is 24.2 Å². The van der Waals surface area contributed by atoms with Gasteiger partial charge in [-0.05, 0) is 26.0 Å². The molecule has 9 heteroatoms. The Hall–Kier alpha value is -2.78. The van der Waals surface area contributed by atoms with E-state index < -0.39 is 10.0 Å². The van der Waals surface area contributed by atoms with Gasteiger partial charge in [0.05, 0.1) is 4.90 Å². The fourth-order valence-corrected chi connectivity index (χ4v) is 3.40. The van der Waals surface area contributed by atoms with Crippen LogP contribution in [0, 0.1) is 13.8 Å². The maximum Gasteiger partial charge on any atom is 0.240 e. The summed E-state index contributed by atoms with van der Waals surface area (Å²) in [5.74, 6) is 2.12. The summed E-state index contributed by atoms with van der Waals surface area (Å²) in [4.78, 5) is 12.8. The Morgan fingerprint density at radius 3 is 2.50 bits per heavy atom. The first kappa shape index (κ1) is 18.0. The summed E-state index contributed by atoms with van der Waals surface area (Å²) >= 11 is 0. The van der Waals surface area contributed by atoms with Crippen LogP contribution in [-0.2, 0) is 10.0 Å². The Bertz CT molecular complexity index is 982. The molecule has 0 aliphatic carbocycles. The molecule has 2 aromatic heterocycles. The highest BCUT2D eigenvalue weighted by Gasteiger charge is 2.12. The number of rotatable bonds is 7. The van der Waals surface area contributed by atoms with E-state index in [-0.39, 0.29) is 11.4 Å². The SMILES string of the molecule is Cc1ccc(S(=O)(=O)NCCNc2cc(-n3ccnc3C)ncn2)cc1. The minimum atomic E-state index is -3.52. The van der Waals surface area contributed by atoms with Gasteiger partial charge >= 0.3 is 0 Å². The Kier molecular flexibility index (Phi) is 5.29. The Morgan fingerprint density at radius 1 is 1.04 bits per heavy atom. The molecule has 1 aromatic carbocycles. The van der Waals surface area contributed by atoms with Crippen molar-refractivity contribution in [3.8, 4) is 5.82 Å². The van der Waals surface area contributed by atoms with Crippen molar-refractivity contribution in [3.63, 3.8) is 0 Å². The number of aryl methyl sites for hydroxylation is 2. The Labute approximate surface area is 152 Å². The second-order valence-corrected chi connectivity index (χ2v) is 7.51. The second-order valence-electron chi connectivity index (χ2n) is 5.74. The third-order valence-corrected chi connectivity index (χ3v) is 5.26. The van der Waals surface area contributed by atoms with Crippen molar-refractivity contribution in [2.24, 2.45) is 0 Å². The standard InChI is InChI=1S/C17H20N6O2S/c1-13-3-5-15(6-4-13)26(24,25)22-8-7-19-16-11-17(21-12-20-16)23-10-9-18-14(23)2/h3-6,9-12,22H,7-8H2,1-2H3,(H,19,20,21). The van der Waals surface area contributed by atoms with Crippen LogP contribution in [0.15, 0.2) is 53.9 Å². The highest BCUT2D eigenvalue weighted by Crippen LogP contribution is 2.11. The van der Waals surface area contributed by atoms with E-state index in [1.54, 1.807) is 36.5 Å². The number of nitrogens with one attached hydrogen (secondary N) is 2. The predicted octanol–water partition coefficient (Wildman–Crippen LogP) is 1.67. The van der Waals surface area contributed by atoms with Gasteiger partial charge in [0, 0.05) is 31.5 Å². The lowest BCUT2D eigenvalue weighted by atomic mass is 10.2. The molecule has 0 aliphatic heterocycles.